The van der Waals surface area contributed by atoms with E-state index in [9.17, 15) is 0 Å². The van der Waals surface area contributed by atoms with Crippen molar-refractivity contribution in [1.82, 2.24) is 4.98 Å². The Labute approximate surface area is 89.8 Å². The van der Waals surface area contributed by atoms with E-state index in [0.29, 0.717) is 5.82 Å². The Bertz CT molecular complexity index is 475. The zero-order chi connectivity index (χ0) is 10.8. The van der Waals surface area contributed by atoms with Gasteiger partial charge in [0.25, 0.3) is 0 Å². The predicted molar refractivity (Wildman–Crippen MR) is 63.6 cm³/mol. The fraction of sp³-hybridized carbons (Fsp3) is 0.154. The molecule has 0 saturated carbocycles. The summed E-state index contributed by atoms with van der Waals surface area (Å²) in [5, 5.41) is 0. The van der Waals surface area contributed by atoms with E-state index in [1.54, 1.807) is 0 Å². The first-order chi connectivity index (χ1) is 7.18. The summed E-state index contributed by atoms with van der Waals surface area (Å²) in [6, 6.07) is 12.0. The number of rotatable bonds is 1. The molecule has 2 aromatic rings. The lowest BCUT2D eigenvalue weighted by atomic mass is 10.0. The Morgan fingerprint density at radius 1 is 1.07 bits per heavy atom. The standard InChI is InChI=1S/C13H14N2/c1-9-8-12(14)15-13(10(9)2)11-6-4-3-5-7-11/h3-8H,1-2H3,(H2,14,15). The van der Waals surface area contributed by atoms with Gasteiger partial charge in [0.2, 0.25) is 0 Å². The summed E-state index contributed by atoms with van der Waals surface area (Å²) in [5.74, 6) is 0.581. The SMILES string of the molecule is Cc1cc(N)nc(-c2ccccc2)c1C. The Hall–Kier alpha value is -1.83. The molecule has 2 rings (SSSR count). The van der Waals surface area contributed by atoms with Crippen molar-refractivity contribution < 1.29 is 0 Å². The third-order valence-electron chi connectivity index (χ3n) is 2.60. The normalized spacial score (nSPS) is 10.3. The molecule has 0 amide bonds. The molecule has 0 bridgehead atoms. The summed E-state index contributed by atoms with van der Waals surface area (Å²) in [6.45, 7) is 4.13. The summed E-state index contributed by atoms with van der Waals surface area (Å²) < 4.78 is 0. The topological polar surface area (TPSA) is 38.9 Å². The summed E-state index contributed by atoms with van der Waals surface area (Å²) in [5.41, 5.74) is 10.2. The van der Waals surface area contributed by atoms with Gasteiger partial charge in [0.05, 0.1) is 5.69 Å². The molecule has 0 aliphatic rings. The first-order valence-corrected chi connectivity index (χ1v) is 4.97. The van der Waals surface area contributed by atoms with Crippen molar-refractivity contribution in [1.29, 1.82) is 0 Å². The lowest BCUT2D eigenvalue weighted by Crippen LogP contribution is -1.97. The summed E-state index contributed by atoms with van der Waals surface area (Å²) in [6.07, 6.45) is 0. The molecule has 76 valence electrons. The van der Waals surface area contributed by atoms with Gasteiger partial charge < -0.3 is 5.73 Å². The van der Waals surface area contributed by atoms with Gasteiger partial charge in [0.1, 0.15) is 5.82 Å². The van der Waals surface area contributed by atoms with E-state index in [0.717, 1.165) is 11.3 Å². The van der Waals surface area contributed by atoms with Crippen LogP contribution >= 0.6 is 0 Å². The number of nitrogens with two attached hydrogens (primary N) is 1. The number of hydrogen-bond donors (Lipinski definition) is 1. The van der Waals surface area contributed by atoms with Crippen LogP contribution in [0.1, 0.15) is 11.1 Å². The van der Waals surface area contributed by atoms with Crippen molar-refractivity contribution in [2.24, 2.45) is 0 Å². The van der Waals surface area contributed by atoms with Crippen molar-refractivity contribution in [2.75, 3.05) is 5.73 Å². The van der Waals surface area contributed by atoms with Crippen LogP contribution in [0.25, 0.3) is 11.3 Å². The van der Waals surface area contributed by atoms with E-state index in [2.05, 4.69) is 18.8 Å². The van der Waals surface area contributed by atoms with E-state index < -0.39 is 0 Å². The molecule has 15 heavy (non-hydrogen) atoms. The highest BCUT2D eigenvalue weighted by atomic mass is 14.8. The van der Waals surface area contributed by atoms with Crippen molar-refractivity contribution in [2.45, 2.75) is 13.8 Å². The average Bonchev–Trinajstić information content (AvgIpc) is 2.24. The maximum absolute atomic E-state index is 5.75. The minimum Gasteiger partial charge on any atom is -0.384 e. The van der Waals surface area contributed by atoms with Crippen LogP contribution in [0.5, 0.6) is 0 Å². The minimum atomic E-state index is 0.581. The molecule has 1 aromatic heterocycles. The van der Waals surface area contributed by atoms with Gasteiger partial charge in [-0.1, -0.05) is 30.3 Å². The highest BCUT2D eigenvalue weighted by Gasteiger charge is 2.06. The molecule has 0 fully saturated rings. The number of nitrogens with zero attached hydrogens (tertiary/aromatic N) is 1. The van der Waals surface area contributed by atoms with Crippen molar-refractivity contribution >= 4 is 5.82 Å². The molecule has 2 heteroatoms. The molecule has 0 aliphatic carbocycles. The second kappa shape index (κ2) is 3.73. The van der Waals surface area contributed by atoms with Gasteiger partial charge in [0.15, 0.2) is 0 Å². The summed E-state index contributed by atoms with van der Waals surface area (Å²) >= 11 is 0. The van der Waals surface area contributed by atoms with Gasteiger partial charge in [0, 0.05) is 5.56 Å². The first kappa shape index (κ1) is 9.71. The van der Waals surface area contributed by atoms with Crippen molar-refractivity contribution in [3.05, 3.63) is 47.5 Å². The average molecular weight is 198 g/mol. The maximum atomic E-state index is 5.75. The van der Waals surface area contributed by atoms with E-state index in [1.807, 2.05) is 36.4 Å². The number of aryl methyl sites for hydroxylation is 1. The smallest absolute Gasteiger partial charge is 0.124 e. The zero-order valence-electron chi connectivity index (χ0n) is 8.99. The first-order valence-electron chi connectivity index (χ1n) is 4.97. The summed E-state index contributed by atoms with van der Waals surface area (Å²) in [7, 11) is 0. The number of pyridine rings is 1. The van der Waals surface area contributed by atoms with Gasteiger partial charge in [-0.15, -0.1) is 0 Å². The van der Waals surface area contributed by atoms with E-state index >= 15 is 0 Å². The number of hydrogen-bond acceptors (Lipinski definition) is 2. The van der Waals surface area contributed by atoms with Crippen molar-refractivity contribution in [3.8, 4) is 11.3 Å². The van der Waals surface area contributed by atoms with Gasteiger partial charge in [-0.3, -0.25) is 0 Å². The van der Waals surface area contributed by atoms with Crippen LogP contribution in [0.4, 0.5) is 5.82 Å². The number of nitrogen functional groups attached to an aromatic ring is 1. The lowest BCUT2D eigenvalue weighted by molar-refractivity contribution is 1.23. The fourth-order valence-corrected chi connectivity index (χ4v) is 1.64. The lowest BCUT2D eigenvalue weighted by Gasteiger charge is -2.08. The second-order valence-corrected chi connectivity index (χ2v) is 3.70. The molecule has 0 radical (unpaired) electrons. The largest absolute Gasteiger partial charge is 0.384 e. The van der Waals surface area contributed by atoms with Crippen LogP contribution in [0.3, 0.4) is 0 Å². The molecule has 1 aromatic carbocycles. The molecule has 0 aliphatic heterocycles. The number of benzene rings is 1. The molecular formula is C13H14N2. The molecule has 2 N–H and O–H groups in total. The van der Waals surface area contributed by atoms with Crippen molar-refractivity contribution in [3.63, 3.8) is 0 Å². The van der Waals surface area contributed by atoms with Crippen LogP contribution < -0.4 is 5.73 Å². The van der Waals surface area contributed by atoms with Gasteiger partial charge in [-0.2, -0.15) is 0 Å². The fourth-order valence-electron chi connectivity index (χ4n) is 1.64. The molecular weight excluding hydrogens is 184 g/mol. The molecule has 1 heterocycles. The monoisotopic (exact) mass is 198 g/mol. The maximum Gasteiger partial charge on any atom is 0.124 e. The van der Waals surface area contributed by atoms with Crippen LogP contribution in [0, 0.1) is 13.8 Å². The van der Waals surface area contributed by atoms with E-state index in [4.69, 9.17) is 5.73 Å². The molecule has 0 atom stereocenters. The Morgan fingerprint density at radius 3 is 2.40 bits per heavy atom. The summed E-state index contributed by atoms with van der Waals surface area (Å²) in [4.78, 5) is 4.38. The Morgan fingerprint density at radius 2 is 1.73 bits per heavy atom. The molecule has 2 nitrogen and oxygen atoms in total. The molecule has 0 unspecified atom stereocenters. The van der Waals surface area contributed by atoms with Gasteiger partial charge >= 0.3 is 0 Å². The van der Waals surface area contributed by atoms with Crippen LogP contribution in [-0.2, 0) is 0 Å². The Kier molecular flexibility index (Phi) is 2.42. The third kappa shape index (κ3) is 1.84. The van der Waals surface area contributed by atoms with Crippen LogP contribution in [-0.4, -0.2) is 4.98 Å². The molecule has 0 saturated heterocycles. The predicted octanol–water partition coefficient (Wildman–Crippen LogP) is 2.95. The number of aromatic nitrogens is 1. The van der Waals surface area contributed by atoms with Gasteiger partial charge in [-0.25, -0.2) is 4.98 Å². The minimum absolute atomic E-state index is 0.581. The second-order valence-electron chi connectivity index (χ2n) is 3.70. The zero-order valence-corrected chi connectivity index (χ0v) is 8.99. The van der Waals surface area contributed by atoms with E-state index in [-0.39, 0.29) is 0 Å². The highest BCUT2D eigenvalue weighted by molar-refractivity contribution is 5.66. The Balaban J connectivity index is 2.63. The molecule has 0 spiro atoms. The van der Waals surface area contributed by atoms with Gasteiger partial charge in [-0.05, 0) is 31.0 Å². The quantitative estimate of drug-likeness (QED) is 0.765. The van der Waals surface area contributed by atoms with Crippen LogP contribution in [0.2, 0.25) is 0 Å². The third-order valence-corrected chi connectivity index (χ3v) is 2.60. The van der Waals surface area contributed by atoms with Crippen LogP contribution in [0.15, 0.2) is 36.4 Å². The number of anilines is 1. The highest BCUT2D eigenvalue weighted by Crippen LogP contribution is 2.24. The van der Waals surface area contributed by atoms with E-state index in [1.165, 1.54) is 11.1 Å².